The number of piperazine rings is 1. The van der Waals surface area contributed by atoms with Crippen LogP contribution in [0.2, 0.25) is 0 Å². The Hall–Kier alpha value is -2.14. The van der Waals surface area contributed by atoms with Crippen LogP contribution in [0.25, 0.3) is 9.88 Å². The SMILES string of the molecule is Cc1nc(-c2cccs2)sc1C(=O)N1CCN(S(=O)(=O)c2ccc(F)cc2)CC1. The number of halogens is 1. The van der Waals surface area contributed by atoms with Gasteiger partial charge in [-0.1, -0.05) is 6.07 Å². The molecule has 1 aliphatic rings. The molecule has 0 saturated carbocycles. The highest BCUT2D eigenvalue weighted by atomic mass is 32.2. The summed E-state index contributed by atoms with van der Waals surface area (Å²) in [5.41, 5.74) is 0.685. The lowest BCUT2D eigenvalue weighted by Gasteiger charge is -2.33. The first-order chi connectivity index (χ1) is 13.9. The van der Waals surface area contributed by atoms with E-state index < -0.39 is 15.8 Å². The minimum Gasteiger partial charge on any atom is -0.335 e. The molecule has 10 heteroatoms. The van der Waals surface area contributed by atoms with E-state index in [4.69, 9.17) is 0 Å². The van der Waals surface area contributed by atoms with Crippen LogP contribution in [0.5, 0.6) is 0 Å². The first kappa shape index (κ1) is 20.1. The predicted octanol–water partition coefficient (Wildman–Crippen LogP) is 3.47. The number of hydrogen-bond donors (Lipinski definition) is 0. The van der Waals surface area contributed by atoms with Gasteiger partial charge in [0.2, 0.25) is 10.0 Å². The molecule has 0 unspecified atom stereocenters. The smallest absolute Gasteiger partial charge is 0.265 e. The quantitative estimate of drug-likeness (QED) is 0.609. The highest BCUT2D eigenvalue weighted by Crippen LogP contribution is 2.32. The Bertz CT molecular complexity index is 1120. The number of thiophene rings is 1. The molecule has 6 nitrogen and oxygen atoms in total. The minimum atomic E-state index is -3.71. The number of rotatable bonds is 4. The van der Waals surface area contributed by atoms with Crippen molar-refractivity contribution in [3.8, 4) is 9.88 Å². The van der Waals surface area contributed by atoms with Gasteiger partial charge in [-0.3, -0.25) is 4.79 Å². The minimum absolute atomic E-state index is 0.0533. The first-order valence-corrected chi connectivity index (χ1v) is 12.1. The van der Waals surface area contributed by atoms with Gasteiger partial charge in [0.15, 0.2) is 0 Å². The van der Waals surface area contributed by atoms with Crippen LogP contribution in [0, 0.1) is 12.7 Å². The summed E-state index contributed by atoms with van der Waals surface area (Å²) in [6, 6.07) is 8.69. The number of amides is 1. The molecule has 1 fully saturated rings. The van der Waals surface area contributed by atoms with Crippen LogP contribution in [0.15, 0.2) is 46.7 Å². The van der Waals surface area contributed by atoms with Crippen LogP contribution < -0.4 is 0 Å². The highest BCUT2D eigenvalue weighted by molar-refractivity contribution is 7.89. The second kappa shape index (κ2) is 7.94. The van der Waals surface area contributed by atoms with Crippen LogP contribution in [0.4, 0.5) is 4.39 Å². The Morgan fingerprint density at radius 1 is 1.10 bits per heavy atom. The van der Waals surface area contributed by atoms with E-state index in [-0.39, 0.29) is 23.9 Å². The standard InChI is InChI=1S/C19H18FN3O3S3/c1-13-17(28-18(21-13)16-3-2-12-27-16)19(24)22-8-10-23(11-9-22)29(25,26)15-6-4-14(20)5-7-15/h2-7,12H,8-11H2,1H3. The molecule has 152 valence electrons. The summed E-state index contributed by atoms with van der Waals surface area (Å²) in [6.07, 6.45) is 0. The lowest BCUT2D eigenvalue weighted by Crippen LogP contribution is -2.50. The van der Waals surface area contributed by atoms with E-state index in [0.717, 1.165) is 22.0 Å². The second-order valence-corrected chi connectivity index (χ2v) is 10.4. The third-order valence-corrected chi connectivity index (χ3v) is 8.80. The molecule has 3 aromatic rings. The summed E-state index contributed by atoms with van der Waals surface area (Å²) in [7, 11) is -3.71. The monoisotopic (exact) mass is 451 g/mol. The molecular formula is C19H18FN3O3S3. The number of nitrogens with zero attached hydrogens (tertiary/aromatic N) is 3. The van der Waals surface area contributed by atoms with Crippen LogP contribution in [0.1, 0.15) is 15.4 Å². The Kier molecular flexibility index (Phi) is 5.52. The number of thiazole rings is 1. The summed E-state index contributed by atoms with van der Waals surface area (Å²) in [5, 5.41) is 2.78. The van der Waals surface area contributed by atoms with Crippen molar-refractivity contribution in [2.45, 2.75) is 11.8 Å². The third kappa shape index (κ3) is 3.97. The normalized spacial score (nSPS) is 15.6. The molecule has 0 N–H and O–H groups in total. The molecule has 0 spiro atoms. The summed E-state index contributed by atoms with van der Waals surface area (Å²) in [5.74, 6) is -0.608. The number of carbonyl (C=O) groups is 1. The van der Waals surface area contributed by atoms with Crippen molar-refractivity contribution in [3.63, 3.8) is 0 Å². The first-order valence-electron chi connectivity index (χ1n) is 8.92. The molecule has 0 bridgehead atoms. The third-order valence-electron chi connectivity index (χ3n) is 4.70. The molecule has 1 saturated heterocycles. The summed E-state index contributed by atoms with van der Waals surface area (Å²) < 4.78 is 39.9. The second-order valence-electron chi connectivity index (χ2n) is 6.56. The van der Waals surface area contributed by atoms with Crippen molar-refractivity contribution in [3.05, 3.63) is 58.2 Å². The van der Waals surface area contributed by atoms with E-state index in [0.29, 0.717) is 23.7 Å². The molecule has 1 aromatic carbocycles. The Labute approximate surface area is 176 Å². The lowest BCUT2D eigenvalue weighted by atomic mass is 10.3. The molecule has 0 aliphatic carbocycles. The number of aryl methyl sites for hydroxylation is 1. The van der Waals surface area contributed by atoms with Crippen LogP contribution in [-0.4, -0.2) is 54.7 Å². The molecule has 29 heavy (non-hydrogen) atoms. The Morgan fingerprint density at radius 2 is 1.79 bits per heavy atom. The Morgan fingerprint density at radius 3 is 2.41 bits per heavy atom. The zero-order valence-electron chi connectivity index (χ0n) is 15.5. The molecule has 1 amide bonds. The molecule has 4 rings (SSSR count). The maximum absolute atomic E-state index is 13.1. The van der Waals surface area contributed by atoms with Gasteiger partial charge >= 0.3 is 0 Å². The van der Waals surface area contributed by atoms with Crippen LogP contribution in [0.3, 0.4) is 0 Å². The molecule has 3 heterocycles. The van der Waals surface area contributed by atoms with E-state index in [9.17, 15) is 17.6 Å². The molecule has 2 aromatic heterocycles. The van der Waals surface area contributed by atoms with E-state index in [1.165, 1.54) is 27.8 Å². The predicted molar refractivity (Wildman–Crippen MR) is 111 cm³/mol. The van der Waals surface area contributed by atoms with Gasteiger partial charge < -0.3 is 4.90 Å². The highest BCUT2D eigenvalue weighted by Gasteiger charge is 2.31. The van der Waals surface area contributed by atoms with Gasteiger partial charge in [-0.15, -0.1) is 22.7 Å². The lowest BCUT2D eigenvalue weighted by molar-refractivity contribution is 0.0702. The maximum atomic E-state index is 13.1. The van der Waals surface area contributed by atoms with Gasteiger partial charge in [-0.05, 0) is 42.6 Å². The van der Waals surface area contributed by atoms with Gasteiger partial charge in [0.25, 0.3) is 5.91 Å². The van der Waals surface area contributed by atoms with E-state index in [1.54, 1.807) is 16.2 Å². The molecule has 0 radical (unpaired) electrons. The fraction of sp³-hybridized carbons (Fsp3) is 0.263. The zero-order valence-corrected chi connectivity index (χ0v) is 18.0. The molecule has 0 atom stereocenters. The van der Waals surface area contributed by atoms with Crippen molar-refractivity contribution >= 4 is 38.6 Å². The van der Waals surface area contributed by atoms with E-state index in [1.807, 2.05) is 24.4 Å². The molecular weight excluding hydrogens is 433 g/mol. The van der Waals surface area contributed by atoms with Gasteiger partial charge in [-0.25, -0.2) is 17.8 Å². The van der Waals surface area contributed by atoms with E-state index >= 15 is 0 Å². The zero-order chi connectivity index (χ0) is 20.6. The summed E-state index contributed by atoms with van der Waals surface area (Å²) in [4.78, 5) is 20.8. The average molecular weight is 452 g/mol. The molecule has 1 aliphatic heterocycles. The fourth-order valence-electron chi connectivity index (χ4n) is 3.13. The van der Waals surface area contributed by atoms with Crippen LogP contribution in [-0.2, 0) is 10.0 Å². The number of hydrogen-bond acceptors (Lipinski definition) is 6. The summed E-state index contributed by atoms with van der Waals surface area (Å²) in [6.45, 7) is 2.80. The van der Waals surface area contributed by atoms with Crippen molar-refractivity contribution in [1.29, 1.82) is 0 Å². The fourth-order valence-corrected chi connectivity index (χ4v) is 6.38. The number of sulfonamides is 1. The van der Waals surface area contributed by atoms with Gasteiger partial charge in [-0.2, -0.15) is 4.31 Å². The van der Waals surface area contributed by atoms with Crippen molar-refractivity contribution < 1.29 is 17.6 Å². The number of aromatic nitrogens is 1. The maximum Gasteiger partial charge on any atom is 0.265 e. The topological polar surface area (TPSA) is 70.6 Å². The van der Waals surface area contributed by atoms with Crippen molar-refractivity contribution in [1.82, 2.24) is 14.2 Å². The summed E-state index contributed by atoms with van der Waals surface area (Å²) >= 11 is 2.94. The largest absolute Gasteiger partial charge is 0.335 e. The number of benzene rings is 1. The Balaban J connectivity index is 1.46. The van der Waals surface area contributed by atoms with Crippen molar-refractivity contribution in [2.24, 2.45) is 0 Å². The van der Waals surface area contributed by atoms with Gasteiger partial charge in [0.1, 0.15) is 15.7 Å². The van der Waals surface area contributed by atoms with Gasteiger partial charge in [0.05, 0.1) is 15.5 Å². The van der Waals surface area contributed by atoms with Crippen LogP contribution >= 0.6 is 22.7 Å². The average Bonchev–Trinajstić information content (AvgIpc) is 3.37. The van der Waals surface area contributed by atoms with E-state index in [2.05, 4.69) is 4.98 Å². The number of carbonyl (C=O) groups excluding carboxylic acids is 1. The van der Waals surface area contributed by atoms with Gasteiger partial charge in [0, 0.05) is 26.2 Å². The van der Waals surface area contributed by atoms with Crippen molar-refractivity contribution in [2.75, 3.05) is 26.2 Å².